The Labute approximate surface area is 109 Å². The summed E-state index contributed by atoms with van der Waals surface area (Å²) in [7, 11) is 0. The summed E-state index contributed by atoms with van der Waals surface area (Å²) in [6.07, 6.45) is 3.49. The van der Waals surface area contributed by atoms with Crippen molar-refractivity contribution in [3.8, 4) is 0 Å². The SMILES string of the molecule is c1ccc(COCCCCOC2CCOC2)cc1. The van der Waals surface area contributed by atoms with E-state index in [9.17, 15) is 0 Å². The lowest BCUT2D eigenvalue weighted by Gasteiger charge is -2.09. The van der Waals surface area contributed by atoms with Crippen LogP contribution in [0.4, 0.5) is 0 Å². The van der Waals surface area contributed by atoms with Gasteiger partial charge >= 0.3 is 0 Å². The maximum atomic E-state index is 5.69. The Morgan fingerprint density at radius 2 is 1.94 bits per heavy atom. The Morgan fingerprint density at radius 3 is 2.72 bits per heavy atom. The number of ether oxygens (including phenoxy) is 3. The molecule has 3 heteroatoms. The minimum absolute atomic E-state index is 0.329. The second-order valence-electron chi connectivity index (χ2n) is 4.60. The van der Waals surface area contributed by atoms with Crippen LogP contribution in [-0.4, -0.2) is 32.5 Å². The molecular weight excluding hydrogens is 228 g/mol. The smallest absolute Gasteiger partial charge is 0.0830 e. The third-order valence-corrected chi connectivity index (χ3v) is 3.04. The Hall–Kier alpha value is -0.900. The van der Waals surface area contributed by atoms with Crippen LogP contribution in [0.1, 0.15) is 24.8 Å². The summed E-state index contributed by atoms with van der Waals surface area (Å²) in [5.41, 5.74) is 1.23. The van der Waals surface area contributed by atoms with Gasteiger partial charge in [0.05, 0.1) is 19.3 Å². The van der Waals surface area contributed by atoms with E-state index < -0.39 is 0 Å². The van der Waals surface area contributed by atoms with Crippen molar-refractivity contribution < 1.29 is 14.2 Å². The molecule has 18 heavy (non-hydrogen) atoms. The topological polar surface area (TPSA) is 27.7 Å². The van der Waals surface area contributed by atoms with Crippen LogP contribution in [0.2, 0.25) is 0 Å². The van der Waals surface area contributed by atoms with Gasteiger partial charge in [0.2, 0.25) is 0 Å². The van der Waals surface area contributed by atoms with Crippen LogP contribution >= 0.6 is 0 Å². The molecule has 1 aromatic rings. The van der Waals surface area contributed by atoms with Crippen LogP contribution in [-0.2, 0) is 20.8 Å². The van der Waals surface area contributed by atoms with Crippen molar-refractivity contribution in [1.82, 2.24) is 0 Å². The van der Waals surface area contributed by atoms with Crippen molar-refractivity contribution in [1.29, 1.82) is 0 Å². The summed E-state index contributed by atoms with van der Waals surface area (Å²) >= 11 is 0. The minimum Gasteiger partial charge on any atom is -0.379 e. The summed E-state index contributed by atoms with van der Waals surface area (Å²) in [5.74, 6) is 0. The summed E-state index contributed by atoms with van der Waals surface area (Å²) < 4.78 is 16.6. The fourth-order valence-electron chi connectivity index (χ4n) is 1.96. The molecule has 1 aromatic carbocycles. The summed E-state index contributed by atoms with van der Waals surface area (Å²) in [6.45, 7) is 3.95. The van der Waals surface area contributed by atoms with Crippen LogP contribution < -0.4 is 0 Å². The molecule has 1 atom stereocenters. The van der Waals surface area contributed by atoms with E-state index in [1.54, 1.807) is 0 Å². The first-order chi connectivity index (χ1) is 8.95. The van der Waals surface area contributed by atoms with Crippen LogP contribution in [0, 0.1) is 0 Å². The van der Waals surface area contributed by atoms with Gasteiger partial charge in [0.25, 0.3) is 0 Å². The molecule has 0 radical (unpaired) electrons. The van der Waals surface area contributed by atoms with Crippen LogP contribution in [0.25, 0.3) is 0 Å². The Balaban J connectivity index is 1.42. The van der Waals surface area contributed by atoms with E-state index in [-0.39, 0.29) is 0 Å². The van der Waals surface area contributed by atoms with Crippen molar-refractivity contribution in [3.05, 3.63) is 35.9 Å². The van der Waals surface area contributed by atoms with Gasteiger partial charge in [0, 0.05) is 19.8 Å². The molecule has 1 aliphatic heterocycles. The van der Waals surface area contributed by atoms with Gasteiger partial charge in [-0.2, -0.15) is 0 Å². The van der Waals surface area contributed by atoms with Gasteiger partial charge in [-0.15, -0.1) is 0 Å². The van der Waals surface area contributed by atoms with Gasteiger partial charge in [0.15, 0.2) is 0 Å². The third-order valence-electron chi connectivity index (χ3n) is 3.04. The number of rotatable bonds is 8. The molecule has 1 saturated heterocycles. The molecule has 0 aliphatic carbocycles. The Bertz CT molecular complexity index is 307. The van der Waals surface area contributed by atoms with Crippen LogP contribution in [0.3, 0.4) is 0 Å². The first-order valence-corrected chi connectivity index (χ1v) is 6.76. The first kappa shape index (κ1) is 13.5. The molecule has 2 rings (SSSR count). The van der Waals surface area contributed by atoms with Crippen LogP contribution in [0.5, 0.6) is 0 Å². The van der Waals surface area contributed by atoms with E-state index in [0.717, 1.165) is 45.7 Å². The van der Waals surface area contributed by atoms with Gasteiger partial charge in [-0.3, -0.25) is 0 Å². The zero-order chi connectivity index (χ0) is 12.5. The van der Waals surface area contributed by atoms with Gasteiger partial charge < -0.3 is 14.2 Å². The zero-order valence-corrected chi connectivity index (χ0v) is 10.8. The van der Waals surface area contributed by atoms with Crippen molar-refractivity contribution in [2.45, 2.75) is 32.0 Å². The van der Waals surface area contributed by atoms with Crippen LogP contribution in [0.15, 0.2) is 30.3 Å². The predicted molar refractivity (Wildman–Crippen MR) is 70.5 cm³/mol. The molecule has 0 amide bonds. The number of unbranched alkanes of at least 4 members (excludes halogenated alkanes) is 1. The lowest BCUT2D eigenvalue weighted by Crippen LogP contribution is -2.13. The van der Waals surface area contributed by atoms with Gasteiger partial charge in [0.1, 0.15) is 0 Å². The maximum absolute atomic E-state index is 5.69. The molecule has 0 spiro atoms. The van der Waals surface area contributed by atoms with Gasteiger partial charge in [-0.25, -0.2) is 0 Å². The molecule has 100 valence electrons. The molecule has 3 nitrogen and oxygen atoms in total. The molecule has 1 heterocycles. The highest BCUT2D eigenvalue weighted by atomic mass is 16.5. The average Bonchev–Trinajstić information content (AvgIpc) is 2.92. The molecule has 1 aliphatic rings. The van der Waals surface area contributed by atoms with E-state index in [1.165, 1.54) is 5.56 Å². The predicted octanol–water partition coefficient (Wildman–Crippen LogP) is 2.79. The van der Waals surface area contributed by atoms with Crippen molar-refractivity contribution >= 4 is 0 Å². The molecule has 1 unspecified atom stereocenters. The quantitative estimate of drug-likeness (QED) is 0.664. The highest BCUT2D eigenvalue weighted by Gasteiger charge is 2.15. The van der Waals surface area contributed by atoms with E-state index >= 15 is 0 Å². The monoisotopic (exact) mass is 250 g/mol. The number of hydrogen-bond acceptors (Lipinski definition) is 3. The lowest BCUT2D eigenvalue weighted by molar-refractivity contribution is 0.0354. The Morgan fingerprint density at radius 1 is 1.11 bits per heavy atom. The standard InChI is InChI=1S/C15H22O3/c1-2-6-14(7-3-1)12-16-9-4-5-10-18-15-8-11-17-13-15/h1-3,6-7,15H,4-5,8-13H2. The zero-order valence-electron chi connectivity index (χ0n) is 10.8. The molecule has 0 N–H and O–H groups in total. The van der Waals surface area contributed by atoms with Gasteiger partial charge in [-0.05, 0) is 24.8 Å². The van der Waals surface area contributed by atoms with E-state index in [4.69, 9.17) is 14.2 Å². The summed E-state index contributed by atoms with van der Waals surface area (Å²) in [6, 6.07) is 10.3. The Kier molecular flexibility index (Phi) is 6.20. The molecule has 0 bridgehead atoms. The van der Waals surface area contributed by atoms with E-state index in [0.29, 0.717) is 12.7 Å². The van der Waals surface area contributed by atoms with E-state index in [1.807, 2.05) is 18.2 Å². The second-order valence-corrected chi connectivity index (χ2v) is 4.60. The average molecular weight is 250 g/mol. The summed E-state index contributed by atoms with van der Waals surface area (Å²) in [4.78, 5) is 0. The van der Waals surface area contributed by atoms with Crippen molar-refractivity contribution in [2.75, 3.05) is 26.4 Å². The third kappa shape index (κ3) is 5.17. The largest absolute Gasteiger partial charge is 0.379 e. The number of hydrogen-bond donors (Lipinski definition) is 0. The molecule has 0 aromatic heterocycles. The molecule has 0 saturated carbocycles. The first-order valence-electron chi connectivity index (χ1n) is 6.76. The fourth-order valence-corrected chi connectivity index (χ4v) is 1.96. The highest BCUT2D eigenvalue weighted by molar-refractivity contribution is 5.13. The lowest BCUT2D eigenvalue weighted by atomic mass is 10.2. The fraction of sp³-hybridized carbons (Fsp3) is 0.600. The molecular formula is C15H22O3. The summed E-state index contributed by atoms with van der Waals surface area (Å²) in [5, 5.41) is 0. The number of benzene rings is 1. The van der Waals surface area contributed by atoms with Crippen molar-refractivity contribution in [2.24, 2.45) is 0 Å². The van der Waals surface area contributed by atoms with E-state index in [2.05, 4.69) is 12.1 Å². The van der Waals surface area contributed by atoms with Crippen molar-refractivity contribution in [3.63, 3.8) is 0 Å². The second kappa shape index (κ2) is 8.25. The highest BCUT2D eigenvalue weighted by Crippen LogP contribution is 2.08. The minimum atomic E-state index is 0.329. The normalized spacial score (nSPS) is 19.2. The molecule has 1 fully saturated rings. The maximum Gasteiger partial charge on any atom is 0.0830 e. The van der Waals surface area contributed by atoms with Gasteiger partial charge in [-0.1, -0.05) is 30.3 Å².